The summed E-state index contributed by atoms with van der Waals surface area (Å²) in [5.74, 6) is 1.46. The summed E-state index contributed by atoms with van der Waals surface area (Å²) >= 11 is 0. The number of para-hydroxylation sites is 1. The van der Waals surface area contributed by atoms with E-state index >= 15 is 0 Å². The first-order chi connectivity index (χ1) is 17.8. The topological polar surface area (TPSA) is 123 Å². The largest absolute Gasteiger partial charge is 0.511 e. The monoisotopic (exact) mass is 522 g/mol. The molecule has 0 amide bonds. The van der Waals surface area contributed by atoms with Gasteiger partial charge in [-0.1, -0.05) is 62.7 Å². The third-order valence-electron chi connectivity index (χ3n) is 5.85. The summed E-state index contributed by atoms with van der Waals surface area (Å²) in [7, 11) is -3.46. The van der Waals surface area contributed by atoms with Crippen molar-refractivity contribution in [2.24, 2.45) is 0 Å². The van der Waals surface area contributed by atoms with Crippen molar-refractivity contribution in [1.29, 1.82) is 0 Å². The number of benzene rings is 2. The Balaban J connectivity index is 1.66. The van der Waals surface area contributed by atoms with E-state index in [0.717, 1.165) is 36.2 Å². The lowest BCUT2D eigenvalue weighted by Crippen LogP contribution is -2.17. The van der Waals surface area contributed by atoms with Crippen LogP contribution in [0.5, 0.6) is 5.75 Å². The fourth-order valence-electron chi connectivity index (χ4n) is 4.14. The van der Waals surface area contributed by atoms with Gasteiger partial charge in [0.1, 0.15) is 22.9 Å². The number of rotatable bonds is 11. The van der Waals surface area contributed by atoms with Gasteiger partial charge in [-0.3, -0.25) is 4.72 Å². The standard InChI is InChI=1S/C27H30N4O5S/c1-3-5-10-25-28-22-15-16-24(30-37(34,35)17-4-2)29-26(22)31(25)18-19-11-13-20(14-12-19)21-8-6-7-9-23(21)36-27(32)33/h6-9,11-16H,3-5,10,17-18H2,1-2H3,(H,29,30)(H,32,33). The number of hydrogen-bond donors (Lipinski definition) is 2. The minimum absolute atomic E-state index is 0.0285. The lowest BCUT2D eigenvalue weighted by Gasteiger charge is -2.12. The van der Waals surface area contributed by atoms with Crippen LogP contribution in [0.4, 0.5) is 10.6 Å². The molecule has 0 saturated carbocycles. The molecule has 0 atom stereocenters. The van der Waals surface area contributed by atoms with E-state index in [0.29, 0.717) is 29.7 Å². The van der Waals surface area contributed by atoms with E-state index in [4.69, 9.17) is 14.8 Å². The van der Waals surface area contributed by atoms with Crippen molar-refractivity contribution in [2.45, 2.75) is 46.1 Å². The molecule has 2 heterocycles. The Bertz CT molecular complexity index is 1500. The molecule has 0 aliphatic carbocycles. The first-order valence-electron chi connectivity index (χ1n) is 12.3. The quantitative estimate of drug-likeness (QED) is 0.191. The molecule has 194 valence electrons. The highest BCUT2D eigenvalue weighted by Gasteiger charge is 2.16. The second kappa shape index (κ2) is 11.4. The van der Waals surface area contributed by atoms with Gasteiger partial charge in [0.2, 0.25) is 10.0 Å². The molecule has 0 aliphatic rings. The van der Waals surface area contributed by atoms with Crippen LogP contribution in [0.1, 0.15) is 44.5 Å². The van der Waals surface area contributed by atoms with Crippen molar-refractivity contribution >= 4 is 33.2 Å². The fraction of sp³-hybridized carbons (Fsp3) is 0.296. The Morgan fingerprint density at radius 2 is 1.76 bits per heavy atom. The van der Waals surface area contributed by atoms with Gasteiger partial charge in [-0.05, 0) is 42.2 Å². The average Bonchev–Trinajstić information content (AvgIpc) is 3.19. The first-order valence-corrected chi connectivity index (χ1v) is 13.9. The van der Waals surface area contributed by atoms with Crippen molar-refractivity contribution in [2.75, 3.05) is 10.5 Å². The highest BCUT2D eigenvalue weighted by molar-refractivity contribution is 7.92. The molecular formula is C27H30N4O5S. The first kappa shape index (κ1) is 26.2. The molecule has 0 unspecified atom stereocenters. The van der Waals surface area contributed by atoms with Gasteiger partial charge >= 0.3 is 6.16 Å². The second-order valence-electron chi connectivity index (χ2n) is 8.74. The van der Waals surface area contributed by atoms with E-state index in [9.17, 15) is 13.2 Å². The molecule has 0 aliphatic heterocycles. The number of aromatic nitrogens is 3. The summed E-state index contributed by atoms with van der Waals surface area (Å²) in [6.07, 6.45) is 1.92. The fourth-order valence-corrected chi connectivity index (χ4v) is 5.21. The van der Waals surface area contributed by atoms with Gasteiger partial charge in [-0.15, -0.1) is 0 Å². The Labute approximate surface area is 216 Å². The minimum atomic E-state index is -3.46. The predicted octanol–water partition coefficient (Wildman–Crippen LogP) is 5.70. The Morgan fingerprint density at radius 1 is 1.00 bits per heavy atom. The van der Waals surface area contributed by atoms with Crippen molar-refractivity contribution in [3.05, 3.63) is 72.1 Å². The molecule has 0 fully saturated rings. The van der Waals surface area contributed by atoms with Crippen LogP contribution in [-0.2, 0) is 23.0 Å². The van der Waals surface area contributed by atoms with Gasteiger partial charge in [-0.2, -0.15) is 0 Å². The van der Waals surface area contributed by atoms with Crippen LogP contribution in [0.3, 0.4) is 0 Å². The van der Waals surface area contributed by atoms with Crippen LogP contribution in [-0.4, -0.2) is 40.0 Å². The predicted molar refractivity (Wildman–Crippen MR) is 143 cm³/mol. The number of imidazole rings is 1. The normalized spacial score (nSPS) is 11.5. The lowest BCUT2D eigenvalue weighted by molar-refractivity contribution is 0.144. The van der Waals surface area contributed by atoms with Crippen LogP contribution < -0.4 is 9.46 Å². The van der Waals surface area contributed by atoms with E-state index in [1.54, 1.807) is 24.3 Å². The Morgan fingerprint density at radius 3 is 2.46 bits per heavy atom. The Hall–Kier alpha value is -3.92. The van der Waals surface area contributed by atoms with Gasteiger partial charge in [0.05, 0.1) is 12.3 Å². The smallest absolute Gasteiger partial charge is 0.449 e. The van der Waals surface area contributed by atoms with Crippen molar-refractivity contribution in [3.8, 4) is 16.9 Å². The third-order valence-corrected chi connectivity index (χ3v) is 7.31. The van der Waals surface area contributed by atoms with E-state index in [1.165, 1.54) is 0 Å². The van der Waals surface area contributed by atoms with E-state index < -0.39 is 16.2 Å². The number of pyridine rings is 1. The molecule has 4 aromatic rings. The zero-order valence-corrected chi connectivity index (χ0v) is 21.7. The summed E-state index contributed by atoms with van der Waals surface area (Å²) < 4.78 is 34.1. The number of unbranched alkanes of at least 4 members (excludes halogenated alkanes) is 1. The molecule has 0 saturated heterocycles. The number of nitrogens with one attached hydrogen (secondary N) is 1. The third kappa shape index (κ3) is 6.45. The van der Waals surface area contributed by atoms with Gasteiger partial charge in [0.25, 0.3) is 0 Å². The molecule has 0 radical (unpaired) electrons. The summed E-state index contributed by atoms with van der Waals surface area (Å²) in [4.78, 5) is 20.4. The molecule has 9 nitrogen and oxygen atoms in total. The molecule has 0 bridgehead atoms. The number of hydrogen-bond acceptors (Lipinski definition) is 6. The molecular weight excluding hydrogens is 492 g/mol. The van der Waals surface area contributed by atoms with Gasteiger partial charge in [0, 0.05) is 12.0 Å². The number of carbonyl (C=O) groups is 1. The molecule has 2 aromatic heterocycles. The molecule has 2 aromatic carbocycles. The van der Waals surface area contributed by atoms with Crippen molar-refractivity contribution in [1.82, 2.24) is 14.5 Å². The summed E-state index contributed by atoms with van der Waals surface area (Å²) in [6, 6.07) is 18.2. The number of anilines is 1. The Kier molecular flexibility index (Phi) is 8.08. The van der Waals surface area contributed by atoms with E-state index in [1.807, 2.05) is 47.9 Å². The summed E-state index contributed by atoms with van der Waals surface area (Å²) in [6.45, 7) is 4.44. The maximum absolute atomic E-state index is 12.3. The van der Waals surface area contributed by atoms with E-state index in [-0.39, 0.29) is 17.3 Å². The van der Waals surface area contributed by atoms with Crippen LogP contribution in [0, 0.1) is 0 Å². The highest BCUT2D eigenvalue weighted by Crippen LogP contribution is 2.30. The van der Waals surface area contributed by atoms with Crippen LogP contribution >= 0.6 is 0 Å². The molecule has 2 N–H and O–H groups in total. The van der Waals surface area contributed by atoms with Crippen molar-refractivity contribution in [3.63, 3.8) is 0 Å². The van der Waals surface area contributed by atoms with E-state index in [2.05, 4.69) is 16.6 Å². The minimum Gasteiger partial charge on any atom is -0.449 e. The maximum Gasteiger partial charge on any atom is 0.511 e. The number of aryl methyl sites for hydroxylation is 1. The number of fused-ring (bicyclic) bond motifs is 1. The van der Waals surface area contributed by atoms with Gasteiger partial charge in [-0.25, -0.2) is 23.2 Å². The number of nitrogens with zero attached hydrogens (tertiary/aromatic N) is 3. The maximum atomic E-state index is 12.3. The number of carboxylic acid groups (broad SMARTS) is 1. The number of ether oxygens (including phenoxy) is 1. The number of sulfonamides is 1. The zero-order valence-electron chi connectivity index (χ0n) is 20.8. The van der Waals surface area contributed by atoms with Crippen molar-refractivity contribution < 1.29 is 23.1 Å². The summed E-state index contributed by atoms with van der Waals surface area (Å²) in [5, 5.41) is 9.03. The zero-order chi connectivity index (χ0) is 26.4. The van der Waals surface area contributed by atoms with Crippen LogP contribution in [0.2, 0.25) is 0 Å². The summed E-state index contributed by atoms with van der Waals surface area (Å²) in [5.41, 5.74) is 3.83. The highest BCUT2D eigenvalue weighted by atomic mass is 32.2. The lowest BCUT2D eigenvalue weighted by atomic mass is 10.0. The molecule has 37 heavy (non-hydrogen) atoms. The second-order valence-corrected chi connectivity index (χ2v) is 10.6. The van der Waals surface area contributed by atoms with Gasteiger partial charge < -0.3 is 14.4 Å². The molecule has 0 spiro atoms. The van der Waals surface area contributed by atoms with Crippen LogP contribution in [0.25, 0.3) is 22.3 Å². The molecule has 10 heteroatoms. The SMILES string of the molecule is CCCCc1nc2ccc(NS(=O)(=O)CCC)nc2n1Cc1ccc(-c2ccccc2OC(=O)O)cc1. The molecule has 4 rings (SSSR count). The van der Waals surface area contributed by atoms with Crippen LogP contribution in [0.15, 0.2) is 60.7 Å². The average molecular weight is 523 g/mol. The van der Waals surface area contributed by atoms with Gasteiger partial charge in [0.15, 0.2) is 5.65 Å².